The number of esters is 1. The van der Waals surface area contributed by atoms with E-state index in [-0.39, 0.29) is 4.90 Å². The maximum Gasteiger partial charge on any atom is 0.330 e. The number of piperidine rings is 1. The molecule has 8 heteroatoms. The molecule has 0 aromatic heterocycles. The van der Waals surface area contributed by atoms with Gasteiger partial charge in [0.1, 0.15) is 0 Å². The number of rotatable bonds is 7. The summed E-state index contributed by atoms with van der Waals surface area (Å²) in [4.78, 5) is 23.4. The molecule has 0 aliphatic carbocycles. The molecule has 1 amide bonds. The number of sulfonamides is 1. The molecule has 154 valence electrons. The summed E-state index contributed by atoms with van der Waals surface area (Å²) in [5.74, 6) is -0.421. The standard InChI is InChI=1S/C20H28N2O5S/c1-4-5-6-20(24)27-14-19(23)21-17-7-9-18(10-8-17)28(25,26)22-12-15(2)11-16(3)13-22/h5-10,15-16H,4,11-14H2,1-3H3,(H,21,23)/b6-5+/t15-,16+. The van der Waals surface area contributed by atoms with Crippen molar-refractivity contribution in [2.45, 2.75) is 38.5 Å². The van der Waals surface area contributed by atoms with Crippen LogP contribution in [0.4, 0.5) is 5.69 Å². The van der Waals surface area contributed by atoms with E-state index in [1.807, 2.05) is 6.92 Å². The highest BCUT2D eigenvalue weighted by Gasteiger charge is 2.31. The van der Waals surface area contributed by atoms with Crippen LogP contribution in [0.25, 0.3) is 0 Å². The molecule has 0 spiro atoms. The summed E-state index contributed by atoms with van der Waals surface area (Å²) in [6.07, 6.45) is 4.64. The van der Waals surface area contributed by atoms with Crippen LogP contribution in [0.15, 0.2) is 41.3 Å². The number of hydrogen-bond donors (Lipinski definition) is 1. The van der Waals surface area contributed by atoms with E-state index in [1.165, 1.54) is 34.6 Å². The lowest BCUT2D eigenvalue weighted by atomic mass is 9.94. The highest BCUT2D eigenvalue weighted by atomic mass is 32.2. The zero-order valence-electron chi connectivity index (χ0n) is 16.6. The van der Waals surface area contributed by atoms with Crippen molar-refractivity contribution in [2.24, 2.45) is 11.8 Å². The summed E-state index contributed by atoms with van der Waals surface area (Å²) >= 11 is 0. The van der Waals surface area contributed by atoms with Crippen molar-refractivity contribution in [1.29, 1.82) is 0 Å². The van der Waals surface area contributed by atoms with E-state index in [9.17, 15) is 18.0 Å². The molecule has 1 aromatic rings. The minimum absolute atomic E-state index is 0.197. The molecule has 2 rings (SSSR count). The third-order valence-corrected chi connectivity index (χ3v) is 6.29. The van der Waals surface area contributed by atoms with Crippen molar-refractivity contribution in [1.82, 2.24) is 4.31 Å². The van der Waals surface area contributed by atoms with Gasteiger partial charge in [0.25, 0.3) is 5.91 Å². The highest BCUT2D eigenvalue weighted by Crippen LogP contribution is 2.27. The summed E-state index contributed by atoms with van der Waals surface area (Å²) in [5, 5.41) is 2.58. The van der Waals surface area contributed by atoms with Gasteiger partial charge in [0.05, 0.1) is 4.90 Å². The van der Waals surface area contributed by atoms with Crippen LogP contribution in [0.5, 0.6) is 0 Å². The predicted octanol–water partition coefficient (Wildman–Crippen LogP) is 2.80. The molecule has 1 aliphatic heterocycles. The number of nitrogens with zero attached hydrogens (tertiary/aromatic N) is 1. The number of ether oxygens (including phenoxy) is 1. The Morgan fingerprint density at radius 2 is 1.79 bits per heavy atom. The Balaban J connectivity index is 1.96. The second kappa shape index (κ2) is 9.84. The first kappa shape index (κ1) is 22.1. The first-order chi connectivity index (χ1) is 13.2. The van der Waals surface area contributed by atoms with Gasteiger partial charge in [-0.2, -0.15) is 4.31 Å². The van der Waals surface area contributed by atoms with Crippen LogP contribution in [0.2, 0.25) is 0 Å². The monoisotopic (exact) mass is 408 g/mol. The van der Waals surface area contributed by atoms with Crippen LogP contribution in [-0.2, 0) is 24.3 Å². The third kappa shape index (κ3) is 6.17. The van der Waals surface area contributed by atoms with Crippen LogP contribution in [0.1, 0.15) is 33.6 Å². The highest BCUT2D eigenvalue weighted by molar-refractivity contribution is 7.89. The third-order valence-electron chi connectivity index (χ3n) is 4.45. The molecule has 0 unspecified atom stereocenters. The van der Waals surface area contributed by atoms with Gasteiger partial charge in [-0.3, -0.25) is 4.79 Å². The van der Waals surface area contributed by atoms with E-state index in [0.29, 0.717) is 37.0 Å². The minimum Gasteiger partial charge on any atom is -0.452 e. The summed E-state index contributed by atoms with van der Waals surface area (Å²) in [7, 11) is -3.56. The van der Waals surface area contributed by atoms with Crippen LogP contribution in [0.3, 0.4) is 0 Å². The zero-order chi connectivity index (χ0) is 20.7. The number of benzene rings is 1. The molecule has 7 nitrogen and oxygen atoms in total. The maximum atomic E-state index is 12.9. The average Bonchev–Trinajstić information content (AvgIpc) is 2.64. The van der Waals surface area contributed by atoms with Gasteiger partial charge in [-0.15, -0.1) is 0 Å². The Kier molecular flexibility index (Phi) is 7.77. The molecule has 0 radical (unpaired) electrons. The van der Waals surface area contributed by atoms with Gasteiger partial charge in [0.15, 0.2) is 6.61 Å². The fourth-order valence-electron chi connectivity index (χ4n) is 3.26. The lowest BCUT2D eigenvalue weighted by Crippen LogP contribution is -2.42. The van der Waals surface area contributed by atoms with E-state index in [0.717, 1.165) is 6.42 Å². The largest absolute Gasteiger partial charge is 0.452 e. The van der Waals surface area contributed by atoms with Crippen molar-refractivity contribution in [3.8, 4) is 0 Å². The topological polar surface area (TPSA) is 92.8 Å². The maximum absolute atomic E-state index is 12.9. The quantitative estimate of drug-likeness (QED) is 0.553. The second-order valence-corrected chi connectivity index (χ2v) is 9.20. The molecule has 1 aliphatic rings. The number of amides is 1. The molecule has 0 bridgehead atoms. The molecule has 1 saturated heterocycles. The lowest BCUT2D eigenvalue weighted by molar-refractivity contribution is -0.142. The average molecular weight is 409 g/mol. The van der Waals surface area contributed by atoms with Crippen molar-refractivity contribution in [3.05, 3.63) is 36.4 Å². The molecule has 1 aromatic carbocycles. The lowest BCUT2D eigenvalue weighted by Gasteiger charge is -2.34. The van der Waals surface area contributed by atoms with Gasteiger partial charge in [0, 0.05) is 24.9 Å². The van der Waals surface area contributed by atoms with Crippen molar-refractivity contribution >= 4 is 27.6 Å². The van der Waals surface area contributed by atoms with Gasteiger partial charge in [0.2, 0.25) is 10.0 Å². The Hall–Kier alpha value is -2.19. The van der Waals surface area contributed by atoms with Crippen LogP contribution >= 0.6 is 0 Å². The van der Waals surface area contributed by atoms with Crippen LogP contribution < -0.4 is 5.32 Å². The van der Waals surface area contributed by atoms with Gasteiger partial charge in [-0.05, 0) is 48.9 Å². The summed E-state index contributed by atoms with van der Waals surface area (Å²) < 4.78 is 32.0. The number of hydrogen-bond acceptors (Lipinski definition) is 5. The molecule has 28 heavy (non-hydrogen) atoms. The van der Waals surface area contributed by atoms with Crippen molar-refractivity contribution in [3.63, 3.8) is 0 Å². The smallest absolute Gasteiger partial charge is 0.330 e. The molecular formula is C20H28N2O5S. The first-order valence-corrected chi connectivity index (χ1v) is 10.9. The predicted molar refractivity (Wildman–Crippen MR) is 107 cm³/mol. The summed E-state index contributed by atoms with van der Waals surface area (Å²) in [5.41, 5.74) is 0.435. The molecule has 1 fully saturated rings. The van der Waals surface area contributed by atoms with E-state index in [2.05, 4.69) is 19.2 Å². The number of allylic oxidation sites excluding steroid dienone is 1. The Bertz CT molecular complexity index is 808. The van der Waals surface area contributed by atoms with Crippen LogP contribution in [-0.4, -0.2) is 44.3 Å². The first-order valence-electron chi connectivity index (χ1n) is 9.45. The van der Waals surface area contributed by atoms with Gasteiger partial charge in [-0.1, -0.05) is 26.8 Å². The number of anilines is 1. The SMILES string of the molecule is CC/C=C/C(=O)OCC(=O)Nc1ccc(S(=O)(=O)N2C[C@H](C)C[C@H](C)C2)cc1. The van der Waals surface area contributed by atoms with Crippen molar-refractivity contribution in [2.75, 3.05) is 25.0 Å². The summed E-state index contributed by atoms with van der Waals surface area (Å²) in [6.45, 7) is 6.62. The van der Waals surface area contributed by atoms with Gasteiger partial charge >= 0.3 is 5.97 Å². The van der Waals surface area contributed by atoms with E-state index >= 15 is 0 Å². The number of nitrogens with one attached hydrogen (secondary N) is 1. The van der Waals surface area contributed by atoms with E-state index < -0.39 is 28.5 Å². The van der Waals surface area contributed by atoms with Gasteiger partial charge in [-0.25, -0.2) is 13.2 Å². The molecular weight excluding hydrogens is 380 g/mol. The van der Waals surface area contributed by atoms with E-state index in [4.69, 9.17) is 4.74 Å². The normalized spacial score (nSPS) is 20.8. The van der Waals surface area contributed by atoms with Crippen molar-refractivity contribution < 1.29 is 22.7 Å². The fraction of sp³-hybridized carbons (Fsp3) is 0.500. The van der Waals surface area contributed by atoms with Gasteiger partial charge < -0.3 is 10.1 Å². The Morgan fingerprint density at radius 3 is 2.36 bits per heavy atom. The van der Waals surface area contributed by atoms with Crippen LogP contribution in [0, 0.1) is 11.8 Å². The Morgan fingerprint density at radius 1 is 1.18 bits per heavy atom. The Labute approximate surface area is 166 Å². The van der Waals surface area contributed by atoms with E-state index in [1.54, 1.807) is 6.08 Å². The molecule has 1 heterocycles. The molecule has 1 N–H and O–H groups in total. The second-order valence-electron chi connectivity index (χ2n) is 7.26. The number of carbonyl (C=O) groups excluding carboxylic acids is 2. The number of carbonyl (C=O) groups is 2. The zero-order valence-corrected chi connectivity index (χ0v) is 17.4. The molecule has 2 atom stereocenters. The fourth-order valence-corrected chi connectivity index (χ4v) is 4.94. The minimum atomic E-state index is -3.56. The molecule has 0 saturated carbocycles. The summed E-state index contributed by atoms with van der Waals surface area (Å²) in [6, 6.07) is 6.01.